The number of hydrogen-bond acceptors (Lipinski definition) is 7. The summed E-state index contributed by atoms with van der Waals surface area (Å²) >= 11 is 0. The Kier molecular flexibility index (Phi) is 33.1. The Bertz CT molecular complexity index is 1070. The van der Waals surface area contributed by atoms with E-state index < -0.39 is 32.5 Å². The Morgan fingerprint density at radius 3 is 1.63 bits per heavy atom. The first-order valence-corrected chi connectivity index (χ1v) is 19.8. The molecule has 0 aromatic carbocycles. The lowest BCUT2D eigenvalue weighted by Crippen LogP contribution is -2.29. The lowest BCUT2D eigenvalue weighted by molar-refractivity contribution is -0.161. The Labute approximate surface area is 297 Å². The zero-order valence-corrected chi connectivity index (χ0v) is 31.4. The molecule has 0 aliphatic carbocycles. The van der Waals surface area contributed by atoms with Crippen LogP contribution in [0.1, 0.15) is 129 Å². The van der Waals surface area contributed by atoms with E-state index in [-0.39, 0.29) is 19.4 Å². The van der Waals surface area contributed by atoms with E-state index in [0.29, 0.717) is 12.8 Å². The summed E-state index contributed by atoms with van der Waals surface area (Å²) in [5, 5.41) is 0. The van der Waals surface area contributed by atoms with Gasteiger partial charge in [0.05, 0.1) is 6.61 Å². The summed E-state index contributed by atoms with van der Waals surface area (Å²) in [5.41, 5.74) is 0. The van der Waals surface area contributed by atoms with Crippen LogP contribution in [0.25, 0.3) is 0 Å². The summed E-state index contributed by atoms with van der Waals surface area (Å²) in [7, 11) is -3.24. The number of carbonyl (C=O) groups is 2. The van der Waals surface area contributed by atoms with Gasteiger partial charge in [0.15, 0.2) is 6.10 Å². The normalized spacial score (nSPS) is 14.4. The van der Waals surface area contributed by atoms with Gasteiger partial charge in [-0.25, -0.2) is 4.57 Å². The number of hydrogen-bond donors (Lipinski definition) is 1. The fourth-order valence-electron chi connectivity index (χ4n) is 4.31. The van der Waals surface area contributed by atoms with E-state index >= 15 is 0 Å². The summed E-state index contributed by atoms with van der Waals surface area (Å²) in [6.07, 6.45) is 45.1. The smallest absolute Gasteiger partial charge is 0.462 e. The van der Waals surface area contributed by atoms with Crippen LogP contribution < -0.4 is 0 Å². The third-order valence-corrected chi connectivity index (χ3v) is 8.07. The Hall–Kier alpha value is -2.77. The number of phosphoric ester groups is 1. The molecule has 2 atom stereocenters. The maximum atomic E-state index is 12.4. The molecular weight excluding hydrogens is 639 g/mol. The highest BCUT2D eigenvalue weighted by Gasteiger charge is 2.24. The van der Waals surface area contributed by atoms with Crippen molar-refractivity contribution in [2.24, 2.45) is 0 Å². The zero-order chi connectivity index (χ0) is 36.1. The first kappa shape index (κ1) is 46.2. The molecule has 278 valence electrons. The molecule has 0 aromatic heterocycles. The molecule has 9 heteroatoms. The molecule has 0 heterocycles. The zero-order valence-electron chi connectivity index (χ0n) is 30.6. The number of rotatable bonds is 32. The number of ether oxygens (including phenoxy) is 2. The number of carbonyl (C=O) groups excluding carboxylic acids is 2. The van der Waals surface area contributed by atoms with Gasteiger partial charge in [0.2, 0.25) is 0 Å². The molecule has 0 saturated heterocycles. The third-order valence-electron chi connectivity index (χ3n) is 7.14. The minimum absolute atomic E-state index is 0.113. The van der Waals surface area contributed by atoms with Crippen molar-refractivity contribution in [3.63, 3.8) is 0 Å². The van der Waals surface area contributed by atoms with Crippen molar-refractivity contribution in [1.82, 2.24) is 0 Å². The first-order chi connectivity index (χ1) is 23.8. The van der Waals surface area contributed by atoms with Crippen molar-refractivity contribution in [3.8, 4) is 0 Å². The molecule has 0 radical (unpaired) electrons. The molecule has 1 N–H and O–H groups in total. The molecular formula is C40H65O8P. The minimum Gasteiger partial charge on any atom is -0.462 e. The highest BCUT2D eigenvalue weighted by Crippen LogP contribution is 2.42. The van der Waals surface area contributed by atoms with Crippen molar-refractivity contribution < 1.29 is 37.6 Å². The lowest BCUT2D eigenvalue weighted by Gasteiger charge is -2.19. The highest BCUT2D eigenvalue weighted by atomic mass is 31.2. The fourth-order valence-corrected chi connectivity index (χ4v) is 4.77. The third kappa shape index (κ3) is 34.9. The molecule has 0 spiro atoms. The van der Waals surface area contributed by atoms with Crippen molar-refractivity contribution in [2.75, 3.05) is 20.3 Å². The van der Waals surface area contributed by atoms with Crippen molar-refractivity contribution in [3.05, 3.63) is 85.1 Å². The molecule has 2 unspecified atom stereocenters. The van der Waals surface area contributed by atoms with Gasteiger partial charge in [-0.2, -0.15) is 0 Å². The van der Waals surface area contributed by atoms with Crippen LogP contribution in [0.4, 0.5) is 0 Å². The van der Waals surface area contributed by atoms with Crippen LogP contribution in [0.2, 0.25) is 0 Å². The van der Waals surface area contributed by atoms with Crippen molar-refractivity contribution in [1.29, 1.82) is 0 Å². The van der Waals surface area contributed by atoms with Gasteiger partial charge in [0, 0.05) is 20.0 Å². The number of unbranched alkanes of at least 4 members (excludes halogenated alkanes) is 7. The van der Waals surface area contributed by atoms with E-state index in [2.05, 4.69) is 91.3 Å². The number of phosphoric acid groups is 1. The Morgan fingerprint density at radius 1 is 0.592 bits per heavy atom. The van der Waals surface area contributed by atoms with Crippen LogP contribution in [0.3, 0.4) is 0 Å². The van der Waals surface area contributed by atoms with E-state index in [1.807, 2.05) is 12.2 Å². The quantitative estimate of drug-likeness (QED) is 0.0319. The van der Waals surface area contributed by atoms with Gasteiger partial charge in [0.1, 0.15) is 6.61 Å². The van der Waals surface area contributed by atoms with E-state index in [1.54, 1.807) is 0 Å². The molecule has 0 rings (SSSR count). The average Bonchev–Trinajstić information content (AvgIpc) is 3.09. The molecule has 0 aliphatic heterocycles. The lowest BCUT2D eigenvalue weighted by atomic mass is 10.1. The van der Waals surface area contributed by atoms with Crippen molar-refractivity contribution >= 4 is 19.8 Å². The molecule has 0 fully saturated rings. The maximum Gasteiger partial charge on any atom is 0.472 e. The number of esters is 2. The molecule has 0 aliphatic rings. The van der Waals surface area contributed by atoms with E-state index in [4.69, 9.17) is 14.0 Å². The molecule has 0 bridgehead atoms. The summed E-state index contributed by atoms with van der Waals surface area (Å²) in [6, 6.07) is 0. The van der Waals surface area contributed by atoms with Crippen LogP contribution in [0, 0.1) is 0 Å². The molecule has 49 heavy (non-hydrogen) atoms. The van der Waals surface area contributed by atoms with Crippen LogP contribution in [-0.4, -0.2) is 43.3 Å². The highest BCUT2D eigenvalue weighted by molar-refractivity contribution is 7.47. The van der Waals surface area contributed by atoms with Crippen LogP contribution in [-0.2, 0) is 32.7 Å². The summed E-state index contributed by atoms with van der Waals surface area (Å²) in [5.74, 6) is -0.925. The maximum absolute atomic E-state index is 12.4. The van der Waals surface area contributed by atoms with E-state index in [0.717, 1.165) is 84.2 Å². The molecule has 0 saturated carbocycles. The monoisotopic (exact) mass is 704 g/mol. The van der Waals surface area contributed by atoms with Crippen LogP contribution in [0.15, 0.2) is 85.1 Å². The van der Waals surface area contributed by atoms with Gasteiger partial charge >= 0.3 is 19.8 Å². The van der Waals surface area contributed by atoms with E-state index in [9.17, 15) is 19.0 Å². The Morgan fingerprint density at radius 2 is 1.08 bits per heavy atom. The van der Waals surface area contributed by atoms with Gasteiger partial charge in [-0.05, 0) is 70.6 Å². The molecule has 0 amide bonds. The summed E-state index contributed by atoms with van der Waals surface area (Å²) < 4.78 is 31.7. The van der Waals surface area contributed by atoms with E-state index in [1.165, 1.54) is 12.8 Å². The molecule has 8 nitrogen and oxygen atoms in total. The average molecular weight is 705 g/mol. The Balaban J connectivity index is 4.25. The second kappa shape index (κ2) is 35.1. The second-order valence-corrected chi connectivity index (χ2v) is 13.2. The number of allylic oxidation sites excluding steroid dienone is 14. The topological polar surface area (TPSA) is 108 Å². The predicted octanol–water partition coefficient (Wildman–Crippen LogP) is 11.2. The van der Waals surface area contributed by atoms with Crippen LogP contribution >= 0.6 is 7.82 Å². The standard InChI is InChI=1S/C40H65O8P/c1-4-6-8-10-12-14-16-17-18-19-20-21-22-23-25-27-29-31-33-35-40(42)48-38(37-47-49(43,44)45-3)36-46-39(41)34-32-30-28-26-24-15-13-11-9-7-5-2/h6,8,11-14,17-18,20-21,23,25,29,31,38H,4-5,7,9-10,15-16,19,22,24,26-28,30,32-37H2,1-3H3,(H,43,44)/b8-6-,13-11-,14-12-,18-17-,21-20-,25-23-,31-29-. The predicted molar refractivity (Wildman–Crippen MR) is 202 cm³/mol. The van der Waals surface area contributed by atoms with Gasteiger partial charge < -0.3 is 14.4 Å². The first-order valence-electron chi connectivity index (χ1n) is 18.3. The largest absolute Gasteiger partial charge is 0.472 e. The minimum atomic E-state index is -4.28. The summed E-state index contributed by atoms with van der Waals surface area (Å²) in [4.78, 5) is 34.2. The second-order valence-electron chi connectivity index (χ2n) is 11.6. The van der Waals surface area contributed by atoms with Gasteiger partial charge in [-0.3, -0.25) is 18.6 Å². The van der Waals surface area contributed by atoms with Crippen molar-refractivity contribution in [2.45, 2.75) is 136 Å². The SMILES string of the molecule is CC/C=C\C/C=C\C/C=C\C/C=C\C/C=C\C/C=C\CCC(=O)OC(COC(=O)CCCCCCC/C=C\CCCC)COP(=O)(O)OC. The van der Waals surface area contributed by atoms with Gasteiger partial charge in [0.25, 0.3) is 0 Å². The fraction of sp³-hybridized carbons (Fsp3) is 0.600. The summed E-state index contributed by atoms with van der Waals surface area (Å²) in [6.45, 7) is 3.63. The van der Waals surface area contributed by atoms with Gasteiger partial charge in [-0.1, -0.05) is 131 Å². The van der Waals surface area contributed by atoms with Crippen LogP contribution in [0.5, 0.6) is 0 Å². The molecule has 0 aromatic rings. The van der Waals surface area contributed by atoms with Gasteiger partial charge in [-0.15, -0.1) is 0 Å².